The highest BCUT2D eigenvalue weighted by molar-refractivity contribution is 6.23. The zero-order valence-electron chi connectivity index (χ0n) is 13.7. The van der Waals surface area contributed by atoms with E-state index in [1.807, 2.05) is 6.07 Å². The van der Waals surface area contributed by atoms with Crippen LogP contribution in [0, 0.1) is 5.92 Å². The first-order valence-electron chi connectivity index (χ1n) is 8.00. The number of amides is 1. The number of hydrogen-bond acceptors (Lipinski definition) is 4. The van der Waals surface area contributed by atoms with Crippen LogP contribution in [0.15, 0.2) is 66.2 Å². The van der Waals surface area contributed by atoms with Crippen molar-refractivity contribution in [3.63, 3.8) is 0 Å². The summed E-state index contributed by atoms with van der Waals surface area (Å²) < 4.78 is 5.10. The molecule has 126 valence electrons. The third kappa shape index (κ3) is 3.21. The van der Waals surface area contributed by atoms with Crippen LogP contribution < -0.4 is 5.32 Å². The van der Waals surface area contributed by atoms with Crippen molar-refractivity contribution >= 4 is 23.4 Å². The van der Waals surface area contributed by atoms with E-state index in [9.17, 15) is 14.4 Å². The standard InChI is InChI=1S/C20H17NO4/c1-2-25-20(24)15-16(18(22)14-11-7-4-8-12-14)19(23)21-17(15)13-9-5-3-6-10-13/h3-12,16H,2H2,1H3,(H,21,23). The van der Waals surface area contributed by atoms with Crippen LogP contribution in [-0.4, -0.2) is 24.3 Å². The van der Waals surface area contributed by atoms with Crippen molar-refractivity contribution in [2.75, 3.05) is 6.61 Å². The van der Waals surface area contributed by atoms with E-state index in [4.69, 9.17) is 4.74 Å². The predicted molar refractivity (Wildman–Crippen MR) is 92.4 cm³/mol. The number of ketones is 1. The average Bonchev–Trinajstić information content (AvgIpc) is 3.00. The molecule has 25 heavy (non-hydrogen) atoms. The van der Waals surface area contributed by atoms with Gasteiger partial charge in [0.25, 0.3) is 0 Å². The van der Waals surface area contributed by atoms with E-state index in [-0.39, 0.29) is 12.2 Å². The Kier molecular flexibility index (Phi) is 4.75. The maximum atomic E-state index is 12.9. The number of Topliss-reactive ketones (excluding diaryl/α,β-unsaturated/α-hetero) is 1. The van der Waals surface area contributed by atoms with Crippen molar-refractivity contribution < 1.29 is 19.1 Å². The fraction of sp³-hybridized carbons (Fsp3) is 0.150. The lowest BCUT2D eigenvalue weighted by Crippen LogP contribution is -2.30. The van der Waals surface area contributed by atoms with Gasteiger partial charge in [-0.3, -0.25) is 9.59 Å². The smallest absolute Gasteiger partial charge is 0.337 e. The molecule has 0 radical (unpaired) electrons. The average molecular weight is 335 g/mol. The molecule has 1 N–H and O–H groups in total. The van der Waals surface area contributed by atoms with Gasteiger partial charge in [0.2, 0.25) is 5.91 Å². The molecular weight excluding hydrogens is 318 g/mol. The number of nitrogens with one attached hydrogen (secondary N) is 1. The van der Waals surface area contributed by atoms with Gasteiger partial charge < -0.3 is 10.1 Å². The van der Waals surface area contributed by atoms with Crippen molar-refractivity contribution in [2.45, 2.75) is 6.92 Å². The monoisotopic (exact) mass is 335 g/mol. The largest absolute Gasteiger partial charge is 0.463 e. The zero-order valence-corrected chi connectivity index (χ0v) is 13.7. The van der Waals surface area contributed by atoms with E-state index in [0.717, 1.165) is 0 Å². The second-order valence-electron chi connectivity index (χ2n) is 5.53. The van der Waals surface area contributed by atoms with Crippen molar-refractivity contribution in [3.05, 3.63) is 77.4 Å². The molecule has 1 aliphatic heterocycles. The molecule has 0 aromatic heterocycles. The molecule has 2 aromatic rings. The van der Waals surface area contributed by atoms with Crippen molar-refractivity contribution in [3.8, 4) is 0 Å². The van der Waals surface area contributed by atoms with Crippen molar-refractivity contribution in [1.82, 2.24) is 5.32 Å². The molecule has 1 heterocycles. The van der Waals surface area contributed by atoms with Gasteiger partial charge in [-0.15, -0.1) is 0 Å². The number of hydrogen-bond donors (Lipinski definition) is 1. The van der Waals surface area contributed by atoms with Crippen LogP contribution in [0.1, 0.15) is 22.8 Å². The number of ether oxygens (including phenoxy) is 1. The molecular formula is C20H17NO4. The number of carbonyl (C=O) groups excluding carboxylic acids is 3. The lowest BCUT2D eigenvalue weighted by Gasteiger charge is -2.11. The highest BCUT2D eigenvalue weighted by Gasteiger charge is 2.43. The molecule has 1 atom stereocenters. The van der Waals surface area contributed by atoms with E-state index in [0.29, 0.717) is 16.8 Å². The molecule has 0 saturated carbocycles. The quantitative estimate of drug-likeness (QED) is 0.518. The molecule has 3 rings (SSSR count). The topological polar surface area (TPSA) is 72.5 Å². The molecule has 0 aliphatic carbocycles. The van der Waals surface area contributed by atoms with E-state index < -0.39 is 23.6 Å². The van der Waals surface area contributed by atoms with E-state index in [1.165, 1.54) is 0 Å². The summed E-state index contributed by atoms with van der Waals surface area (Å²) in [4.78, 5) is 37.9. The predicted octanol–water partition coefficient (Wildman–Crippen LogP) is 2.59. The summed E-state index contributed by atoms with van der Waals surface area (Å²) in [6.07, 6.45) is 0. The summed E-state index contributed by atoms with van der Waals surface area (Å²) in [6, 6.07) is 17.4. The van der Waals surface area contributed by atoms with Gasteiger partial charge in [-0.1, -0.05) is 60.7 Å². The van der Waals surface area contributed by atoms with Gasteiger partial charge in [0, 0.05) is 5.56 Å². The maximum absolute atomic E-state index is 12.9. The highest BCUT2D eigenvalue weighted by atomic mass is 16.5. The molecule has 2 aromatic carbocycles. The summed E-state index contributed by atoms with van der Waals surface area (Å²) >= 11 is 0. The summed E-state index contributed by atoms with van der Waals surface area (Å²) in [6.45, 7) is 1.84. The van der Waals surface area contributed by atoms with Gasteiger partial charge >= 0.3 is 5.97 Å². The van der Waals surface area contributed by atoms with Crippen LogP contribution in [0.4, 0.5) is 0 Å². The van der Waals surface area contributed by atoms with Crippen molar-refractivity contribution in [1.29, 1.82) is 0 Å². The summed E-state index contributed by atoms with van der Waals surface area (Å²) in [7, 11) is 0. The third-order valence-electron chi connectivity index (χ3n) is 3.95. The van der Waals surface area contributed by atoms with Crippen LogP contribution in [0.25, 0.3) is 5.70 Å². The molecule has 5 heteroatoms. The van der Waals surface area contributed by atoms with Gasteiger partial charge in [-0.2, -0.15) is 0 Å². The number of esters is 1. The first-order valence-corrected chi connectivity index (χ1v) is 8.00. The Balaban J connectivity index is 2.10. The van der Waals surface area contributed by atoms with Gasteiger partial charge in [0.05, 0.1) is 17.9 Å². The minimum Gasteiger partial charge on any atom is -0.463 e. The van der Waals surface area contributed by atoms with Gasteiger partial charge in [0.1, 0.15) is 5.92 Å². The van der Waals surface area contributed by atoms with Crippen LogP contribution in [-0.2, 0) is 14.3 Å². The lowest BCUT2D eigenvalue weighted by atomic mass is 9.90. The molecule has 1 unspecified atom stereocenters. The fourth-order valence-corrected chi connectivity index (χ4v) is 2.82. The third-order valence-corrected chi connectivity index (χ3v) is 3.95. The Bertz CT molecular complexity index is 841. The SMILES string of the molecule is CCOC(=O)C1=C(c2ccccc2)NC(=O)C1C(=O)c1ccccc1. The first kappa shape index (κ1) is 16.6. The van der Waals surface area contributed by atoms with Gasteiger partial charge in [0.15, 0.2) is 5.78 Å². The molecule has 5 nitrogen and oxygen atoms in total. The molecule has 1 amide bonds. The van der Waals surface area contributed by atoms with Gasteiger partial charge in [-0.05, 0) is 12.5 Å². The number of benzene rings is 2. The molecule has 0 saturated heterocycles. The van der Waals surface area contributed by atoms with Crippen molar-refractivity contribution in [2.24, 2.45) is 5.92 Å². The first-order chi connectivity index (χ1) is 12.1. The Morgan fingerprint density at radius 2 is 1.60 bits per heavy atom. The minimum atomic E-state index is -1.21. The molecule has 0 bridgehead atoms. The Labute approximate surface area is 145 Å². The van der Waals surface area contributed by atoms with E-state index >= 15 is 0 Å². The summed E-state index contributed by atoms with van der Waals surface area (Å²) in [5.74, 6) is -2.81. The van der Waals surface area contributed by atoms with Crippen LogP contribution in [0.3, 0.4) is 0 Å². The summed E-state index contributed by atoms with van der Waals surface area (Å²) in [5.41, 5.74) is 1.42. The minimum absolute atomic E-state index is 0.0619. The Morgan fingerprint density at radius 3 is 2.20 bits per heavy atom. The maximum Gasteiger partial charge on any atom is 0.337 e. The number of rotatable bonds is 5. The van der Waals surface area contributed by atoms with Crippen LogP contribution >= 0.6 is 0 Å². The van der Waals surface area contributed by atoms with Gasteiger partial charge in [-0.25, -0.2) is 4.79 Å². The highest BCUT2D eigenvalue weighted by Crippen LogP contribution is 2.32. The molecule has 1 aliphatic rings. The van der Waals surface area contributed by atoms with Crippen LogP contribution in [0.2, 0.25) is 0 Å². The van der Waals surface area contributed by atoms with E-state index in [2.05, 4.69) is 5.32 Å². The number of carbonyl (C=O) groups is 3. The normalized spacial score (nSPS) is 16.5. The Hall–Kier alpha value is -3.21. The second-order valence-corrected chi connectivity index (χ2v) is 5.53. The zero-order chi connectivity index (χ0) is 17.8. The van der Waals surface area contributed by atoms with Crippen LogP contribution in [0.5, 0.6) is 0 Å². The Morgan fingerprint density at radius 1 is 1.00 bits per heavy atom. The molecule has 0 spiro atoms. The molecule has 0 fully saturated rings. The second kappa shape index (κ2) is 7.13. The fourth-order valence-electron chi connectivity index (χ4n) is 2.82. The summed E-state index contributed by atoms with van der Waals surface area (Å²) in [5, 5.41) is 2.68. The van der Waals surface area contributed by atoms with E-state index in [1.54, 1.807) is 61.5 Å². The lowest BCUT2D eigenvalue weighted by molar-refractivity contribution is -0.139.